The summed E-state index contributed by atoms with van der Waals surface area (Å²) >= 11 is 0. The van der Waals surface area contributed by atoms with Crippen LogP contribution in [0.5, 0.6) is 0 Å². The maximum absolute atomic E-state index is 12.4. The van der Waals surface area contributed by atoms with E-state index in [0.29, 0.717) is 6.54 Å². The average Bonchev–Trinajstić information content (AvgIpc) is 2.40. The maximum atomic E-state index is 12.4. The molecule has 0 aliphatic carbocycles. The SMILES string of the molecule is Cc1ccc(CN(C)C(=O)N(CCC(=O)O)C(C)C)cc1. The Morgan fingerprint density at radius 1 is 1.19 bits per heavy atom. The molecule has 1 rings (SSSR count). The quantitative estimate of drug-likeness (QED) is 0.877. The summed E-state index contributed by atoms with van der Waals surface area (Å²) in [5.74, 6) is -0.894. The van der Waals surface area contributed by atoms with Gasteiger partial charge in [-0.05, 0) is 26.3 Å². The highest BCUT2D eigenvalue weighted by Crippen LogP contribution is 2.10. The number of urea groups is 1. The van der Waals surface area contributed by atoms with Gasteiger partial charge >= 0.3 is 12.0 Å². The van der Waals surface area contributed by atoms with Gasteiger partial charge in [0.15, 0.2) is 0 Å². The summed E-state index contributed by atoms with van der Waals surface area (Å²) < 4.78 is 0. The Bertz CT molecular complexity index is 483. The predicted octanol–water partition coefficient (Wildman–Crippen LogP) is 2.73. The Balaban J connectivity index is 2.68. The highest BCUT2D eigenvalue weighted by molar-refractivity contribution is 5.75. The molecular formula is C16H24N2O3. The number of nitrogens with zero attached hydrogens (tertiary/aromatic N) is 2. The first-order valence-corrected chi connectivity index (χ1v) is 7.10. The van der Waals surface area contributed by atoms with E-state index in [0.717, 1.165) is 5.56 Å². The zero-order valence-electron chi connectivity index (χ0n) is 13.2. The Hall–Kier alpha value is -2.04. The summed E-state index contributed by atoms with van der Waals surface area (Å²) in [6.45, 7) is 6.53. The fourth-order valence-corrected chi connectivity index (χ4v) is 2.05. The van der Waals surface area contributed by atoms with Crippen LogP contribution in [0.4, 0.5) is 4.79 Å². The Kier molecular flexibility index (Phi) is 6.21. The number of aryl methyl sites for hydroxylation is 1. The molecule has 0 unspecified atom stereocenters. The van der Waals surface area contributed by atoms with Gasteiger partial charge in [0.2, 0.25) is 0 Å². The van der Waals surface area contributed by atoms with Crippen LogP contribution in [0.1, 0.15) is 31.4 Å². The van der Waals surface area contributed by atoms with Crippen molar-refractivity contribution in [1.82, 2.24) is 9.80 Å². The molecule has 5 nitrogen and oxygen atoms in total. The number of hydrogen-bond donors (Lipinski definition) is 1. The van der Waals surface area contributed by atoms with Gasteiger partial charge in [0.05, 0.1) is 6.42 Å². The molecule has 0 atom stereocenters. The van der Waals surface area contributed by atoms with E-state index in [9.17, 15) is 9.59 Å². The van der Waals surface area contributed by atoms with Crippen LogP contribution in [-0.2, 0) is 11.3 Å². The van der Waals surface area contributed by atoms with Crippen molar-refractivity contribution in [3.8, 4) is 0 Å². The third-order valence-corrected chi connectivity index (χ3v) is 3.30. The lowest BCUT2D eigenvalue weighted by molar-refractivity contribution is -0.137. The number of benzene rings is 1. The van der Waals surface area contributed by atoms with Crippen molar-refractivity contribution in [3.05, 3.63) is 35.4 Å². The molecule has 0 saturated carbocycles. The largest absolute Gasteiger partial charge is 0.481 e. The van der Waals surface area contributed by atoms with Gasteiger partial charge in [0, 0.05) is 26.2 Å². The smallest absolute Gasteiger partial charge is 0.320 e. The molecule has 21 heavy (non-hydrogen) atoms. The molecule has 0 aliphatic rings. The molecule has 0 saturated heterocycles. The van der Waals surface area contributed by atoms with Crippen LogP contribution in [0.3, 0.4) is 0 Å². The van der Waals surface area contributed by atoms with E-state index in [1.165, 1.54) is 5.56 Å². The van der Waals surface area contributed by atoms with Crippen LogP contribution < -0.4 is 0 Å². The van der Waals surface area contributed by atoms with E-state index in [1.807, 2.05) is 45.0 Å². The molecule has 0 bridgehead atoms. The second-order valence-electron chi connectivity index (χ2n) is 5.56. The zero-order chi connectivity index (χ0) is 16.0. The molecule has 1 N–H and O–H groups in total. The minimum absolute atomic E-state index is 0.0303. The van der Waals surface area contributed by atoms with Crippen molar-refractivity contribution < 1.29 is 14.7 Å². The molecule has 5 heteroatoms. The highest BCUT2D eigenvalue weighted by Gasteiger charge is 2.21. The minimum Gasteiger partial charge on any atom is -0.481 e. The molecule has 0 heterocycles. The van der Waals surface area contributed by atoms with Gasteiger partial charge in [-0.2, -0.15) is 0 Å². The molecule has 1 aromatic rings. The number of hydrogen-bond acceptors (Lipinski definition) is 2. The van der Waals surface area contributed by atoms with Crippen LogP contribution in [0.25, 0.3) is 0 Å². The fraction of sp³-hybridized carbons (Fsp3) is 0.500. The molecule has 0 aliphatic heterocycles. The lowest BCUT2D eigenvalue weighted by Gasteiger charge is -2.31. The summed E-state index contributed by atoms with van der Waals surface area (Å²) in [6, 6.07) is 7.84. The first-order chi connectivity index (χ1) is 9.81. The van der Waals surface area contributed by atoms with Gasteiger partial charge in [-0.15, -0.1) is 0 Å². The van der Waals surface area contributed by atoms with E-state index < -0.39 is 5.97 Å². The number of amides is 2. The van der Waals surface area contributed by atoms with Crippen LogP contribution >= 0.6 is 0 Å². The second-order valence-corrected chi connectivity index (χ2v) is 5.56. The molecule has 0 fully saturated rings. The summed E-state index contributed by atoms with van der Waals surface area (Å²) in [7, 11) is 1.73. The van der Waals surface area contributed by atoms with Gasteiger partial charge in [-0.25, -0.2) is 4.79 Å². The molecule has 1 aromatic carbocycles. The third-order valence-electron chi connectivity index (χ3n) is 3.30. The van der Waals surface area contributed by atoms with E-state index in [2.05, 4.69) is 0 Å². The summed E-state index contributed by atoms with van der Waals surface area (Å²) in [4.78, 5) is 26.3. The molecule has 0 spiro atoms. The van der Waals surface area contributed by atoms with Gasteiger partial charge in [0.1, 0.15) is 0 Å². The van der Waals surface area contributed by atoms with Crippen molar-refractivity contribution >= 4 is 12.0 Å². The van der Waals surface area contributed by atoms with Gasteiger partial charge < -0.3 is 14.9 Å². The minimum atomic E-state index is -0.894. The molecule has 2 amide bonds. The Morgan fingerprint density at radius 2 is 1.76 bits per heavy atom. The number of carbonyl (C=O) groups is 2. The van der Waals surface area contributed by atoms with Crippen LogP contribution in [0.15, 0.2) is 24.3 Å². The average molecular weight is 292 g/mol. The van der Waals surface area contributed by atoms with E-state index in [4.69, 9.17) is 5.11 Å². The van der Waals surface area contributed by atoms with Gasteiger partial charge in [-0.3, -0.25) is 4.79 Å². The van der Waals surface area contributed by atoms with E-state index in [-0.39, 0.29) is 25.0 Å². The number of carboxylic acids is 1. The van der Waals surface area contributed by atoms with Gasteiger partial charge in [0.25, 0.3) is 0 Å². The zero-order valence-corrected chi connectivity index (χ0v) is 13.2. The van der Waals surface area contributed by atoms with Crippen LogP contribution in [0, 0.1) is 6.92 Å². The molecule has 0 aromatic heterocycles. The summed E-state index contributed by atoms with van der Waals surface area (Å²) in [5.41, 5.74) is 2.23. The summed E-state index contributed by atoms with van der Waals surface area (Å²) in [6.07, 6.45) is -0.0394. The van der Waals surface area contributed by atoms with Crippen LogP contribution in [-0.4, -0.2) is 46.5 Å². The van der Waals surface area contributed by atoms with Gasteiger partial charge in [-0.1, -0.05) is 29.8 Å². The molecule has 116 valence electrons. The molecular weight excluding hydrogens is 268 g/mol. The van der Waals surface area contributed by atoms with Crippen molar-refractivity contribution in [2.75, 3.05) is 13.6 Å². The second kappa shape index (κ2) is 7.67. The lowest BCUT2D eigenvalue weighted by Crippen LogP contribution is -2.45. The van der Waals surface area contributed by atoms with E-state index >= 15 is 0 Å². The third kappa shape index (κ3) is 5.45. The van der Waals surface area contributed by atoms with Crippen molar-refractivity contribution in [1.29, 1.82) is 0 Å². The topological polar surface area (TPSA) is 60.9 Å². The predicted molar refractivity (Wildman–Crippen MR) is 82.1 cm³/mol. The van der Waals surface area contributed by atoms with Crippen molar-refractivity contribution in [2.45, 2.75) is 39.8 Å². The monoisotopic (exact) mass is 292 g/mol. The maximum Gasteiger partial charge on any atom is 0.320 e. The first-order valence-electron chi connectivity index (χ1n) is 7.10. The lowest BCUT2D eigenvalue weighted by atomic mass is 10.1. The standard InChI is InChI=1S/C16H24N2O3/c1-12(2)18(10-9-15(19)20)16(21)17(4)11-14-7-5-13(3)6-8-14/h5-8,12H,9-11H2,1-4H3,(H,19,20). The number of rotatable bonds is 6. The van der Waals surface area contributed by atoms with Crippen molar-refractivity contribution in [3.63, 3.8) is 0 Å². The fourth-order valence-electron chi connectivity index (χ4n) is 2.05. The highest BCUT2D eigenvalue weighted by atomic mass is 16.4. The Labute approximate surface area is 126 Å². The molecule has 0 radical (unpaired) electrons. The van der Waals surface area contributed by atoms with Crippen LogP contribution in [0.2, 0.25) is 0 Å². The first kappa shape index (κ1) is 17.0. The Morgan fingerprint density at radius 3 is 2.24 bits per heavy atom. The number of carboxylic acid groups (broad SMARTS) is 1. The normalized spacial score (nSPS) is 10.5. The van der Waals surface area contributed by atoms with E-state index in [1.54, 1.807) is 16.8 Å². The number of carbonyl (C=O) groups excluding carboxylic acids is 1. The summed E-state index contributed by atoms with van der Waals surface area (Å²) in [5, 5.41) is 8.77. The van der Waals surface area contributed by atoms with Crippen molar-refractivity contribution in [2.24, 2.45) is 0 Å². The number of aliphatic carboxylic acids is 1.